The zero-order valence-electron chi connectivity index (χ0n) is 19.7. The molecule has 1 fully saturated rings. The van der Waals surface area contributed by atoms with E-state index in [2.05, 4.69) is 21.7 Å². The number of fused-ring (bicyclic) bond motifs is 3. The van der Waals surface area contributed by atoms with E-state index in [0.29, 0.717) is 17.1 Å². The second-order valence-electron chi connectivity index (χ2n) is 8.90. The Morgan fingerprint density at radius 2 is 1.91 bits per heavy atom. The fraction of sp³-hybridized carbons (Fsp3) is 0.346. The average molecular weight is 477 g/mol. The Morgan fingerprint density at radius 1 is 1.11 bits per heavy atom. The molecule has 9 nitrogen and oxygen atoms in total. The molecule has 5 rings (SSSR count). The van der Waals surface area contributed by atoms with Gasteiger partial charge in [0.2, 0.25) is 5.91 Å². The Hall–Kier alpha value is -4.01. The number of aryl methyl sites for hydroxylation is 1. The lowest BCUT2D eigenvalue weighted by molar-refractivity contribution is -0.131. The molecule has 35 heavy (non-hydrogen) atoms. The molecule has 2 aliphatic rings. The van der Waals surface area contributed by atoms with Crippen molar-refractivity contribution < 1.29 is 23.9 Å². The minimum atomic E-state index is -0.895. The molecule has 182 valence electrons. The van der Waals surface area contributed by atoms with Gasteiger partial charge in [0.05, 0.1) is 33.2 Å². The fourth-order valence-corrected chi connectivity index (χ4v) is 5.02. The molecule has 1 aliphatic heterocycles. The van der Waals surface area contributed by atoms with Gasteiger partial charge in [-0.05, 0) is 48.6 Å². The number of imide groups is 1. The lowest BCUT2D eigenvalue weighted by Gasteiger charge is -2.24. The van der Waals surface area contributed by atoms with Crippen molar-refractivity contribution in [2.24, 2.45) is 0 Å². The first-order chi connectivity index (χ1) is 17.0. The van der Waals surface area contributed by atoms with E-state index in [9.17, 15) is 14.4 Å². The van der Waals surface area contributed by atoms with Crippen LogP contribution in [0.4, 0.5) is 4.79 Å². The Bertz CT molecular complexity index is 1300. The molecule has 0 unspecified atom stereocenters. The van der Waals surface area contributed by atoms with Crippen molar-refractivity contribution in [1.82, 2.24) is 20.5 Å². The van der Waals surface area contributed by atoms with Crippen LogP contribution in [0.15, 0.2) is 42.5 Å². The molecule has 0 saturated carbocycles. The number of carbonyl (C=O) groups excluding carboxylic acids is 3. The van der Waals surface area contributed by atoms with Crippen molar-refractivity contribution in [2.75, 3.05) is 14.2 Å². The molecule has 2 aromatic carbocycles. The molecule has 0 spiro atoms. The van der Waals surface area contributed by atoms with Gasteiger partial charge >= 0.3 is 6.03 Å². The number of aromatic amines is 1. The number of rotatable bonds is 7. The highest BCUT2D eigenvalue weighted by Crippen LogP contribution is 2.35. The Labute approximate surface area is 202 Å². The van der Waals surface area contributed by atoms with E-state index in [1.807, 2.05) is 18.2 Å². The summed E-state index contributed by atoms with van der Waals surface area (Å²) in [4.78, 5) is 42.9. The molecule has 1 saturated heterocycles. The predicted molar refractivity (Wildman–Crippen MR) is 129 cm³/mol. The highest BCUT2D eigenvalue weighted by Gasteiger charge is 2.39. The Morgan fingerprint density at radius 3 is 2.71 bits per heavy atom. The van der Waals surface area contributed by atoms with Crippen molar-refractivity contribution in [2.45, 2.75) is 44.3 Å². The first kappa shape index (κ1) is 22.8. The first-order valence-electron chi connectivity index (χ1n) is 11.7. The summed E-state index contributed by atoms with van der Waals surface area (Å²) in [6.07, 6.45) is 2.65. The molecular weight excluding hydrogens is 448 g/mol. The van der Waals surface area contributed by atoms with E-state index in [1.54, 1.807) is 18.2 Å². The van der Waals surface area contributed by atoms with Gasteiger partial charge in [0, 0.05) is 16.6 Å². The average Bonchev–Trinajstić information content (AvgIpc) is 3.37. The number of nitrogens with one attached hydrogen (secondary N) is 3. The number of urea groups is 1. The van der Waals surface area contributed by atoms with Gasteiger partial charge in [-0.1, -0.05) is 24.3 Å². The van der Waals surface area contributed by atoms with Crippen LogP contribution in [-0.2, 0) is 22.6 Å². The van der Waals surface area contributed by atoms with Crippen molar-refractivity contribution >= 4 is 28.7 Å². The molecule has 9 heteroatoms. The molecular formula is C26H28N4O5. The zero-order valence-corrected chi connectivity index (χ0v) is 19.7. The van der Waals surface area contributed by atoms with Crippen LogP contribution in [0.1, 0.15) is 42.1 Å². The summed E-state index contributed by atoms with van der Waals surface area (Å²) in [5, 5.41) is 6.90. The van der Waals surface area contributed by atoms with Gasteiger partial charge in [-0.3, -0.25) is 14.5 Å². The van der Waals surface area contributed by atoms with Crippen LogP contribution in [0, 0.1) is 0 Å². The predicted octanol–water partition coefficient (Wildman–Crippen LogP) is 3.19. The highest BCUT2D eigenvalue weighted by atomic mass is 16.5. The van der Waals surface area contributed by atoms with Gasteiger partial charge in [0.15, 0.2) is 11.5 Å². The molecule has 2 heterocycles. The summed E-state index contributed by atoms with van der Waals surface area (Å²) in [5.74, 6) is 0.378. The van der Waals surface area contributed by atoms with Crippen LogP contribution in [0.3, 0.4) is 0 Å². The number of hydrogen-bond donors (Lipinski definition) is 3. The number of ether oxygens (including phenoxy) is 2. The monoisotopic (exact) mass is 476 g/mol. The number of nitrogens with zero attached hydrogens (tertiary/aromatic N) is 1. The topological polar surface area (TPSA) is 113 Å². The van der Waals surface area contributed by atoms with E-state index >= 15 is 0 Å². The van der Waals surface area contributed by atoms with Crippen molar-refractivity contribution in [3.8, 4) is 11.5 Å². The maximum atomic E-state index is 12.9. The third-order valence-corrected chi connectivity index (χ3v) is 6.74. The van der Waals surface area contributed by atoms with Crippen LogP contribution in [0.2, 0.25) is 0 Å². The van der Waals surface area contributed by atoms with Crippen LogP contribution < -0.4 is 20.1 Å². The highest BCUT2D eigenvalue weighted by molar-refractivity contribution is 6.05. The number of carbonyl (C=O) groups is 3. The fourth-order valence-electron chi connectivity index (χ4n) is 5.02. The van der Waals surface area contributed by atoms with Gasteiger partial charge in [0.1, 0.15) is 6.04 Å². The first-order valence-corrected chi connectivity index (χ1v) is 11.7. The van der Waals surface area contributed by atoms with Crippen molar-refractivity contribution in [3.05, 3.63) is 59.3 Å². The lowest BCUT2D eigenvalue weighted by atomic mass is 9.91. The largest absolute Gasteiger partial charge is 0.493 e. The zero-order chi connectivity index (χ0) is 24.5. The Kier molecular flexibility index (Phi) is 6.07. The molecule has 0 radical (unpaired) electrons. The minimum Gasteiger partial charge on any atom is -0.493 e. The SMILES string of the molecule is COc1ccc(CN2C(=O)N[C@@H](CC(=O)N[C@H]3CCCc4c3[nH]c3ccccc43)C2=O)cc1OC. The molecule has 2 atom stereocenters. The number of aromatic nitrogens is 1. The third kappa shape index (κ3) is 4.29. The van der Waals surface area contributed by atoms with Crippen LogP contribution in [0.5, 0.6) is 11.5 Å². The molecule has 3 aromatic rings. The van der Waals surface area contributed by atoms with E-state index in [0.717, 1.165) is 35.4 Å². The third-order valence-electron chi connectivity index (χ3n) is 6.74. The summed E-state index contributed by atoms with van der Waals surface area (Å²) in [7, 11) is 3.06. The summed E-state index contributed by atoms with van der Waals surface area (Å²) in [6.45, 7) is 0.0736. The summed E-state index contributed by atoms with van der Waals surface area (Å²) >= 11 is 0. The van der Waals surface area contributed by atoms with E-state index in [4.69, 9.17) is 9.47 Å². The van der Waals surface area contributed by atoms with Gasteiger partial charge in [0.25, 0.3) is 5.91 Å². The number of para-hydroxylation sites is 1. The Balaban J connectivity index is 1.24. The quantitative estimate of drug-likeness (QED) is 0.454. The van der Waals surface area contributed by atoms with Gasteiger partial charge in [-0.15, -0.1) is 0 Å². The second-order valence-corrected chi connectivity index (χ2v) is 8.90. The molecule has 3 N–H and O–H groups in total. The van der Waals surface area contributed by atoms with Crippen LogP contribution in [0.25, 0.3) is 10.9 Å². The number of amides is 4. The molecule has 0 bridgehead atoms. The number of benzene rings is 2. The summed E-state index contributed by atoms with van der Waals surface area (Å²) < 4.78 is 10.5. The van der Waals surface area contributed by atoms with Crippen molar-refractivity contribution in [1.29, 1.82) is 0 Å². The smallest absolute Gasteiger partial charge is 0.325 e. The minimum absolute atomic E-state index is 0.0736. The van der Waals surface area contributed by atoms with Crippen molar-refractivity contribution in [3.63, 3.8) is 0 Å². The van der Waals surface area contributed by atoms with Gasteiger partial charge in [-0.25, -0.2) is 4.79 Å². The summed E-state index contributed by atoms with van der Waals surface area (Å²) in [6, 6.07) is 11.8. The lowest BCUT2D eigenvalue weighted by Crippen LogP contribution is -2.38. The maximum absolute atomic E-state index is 12.9. The van der Waals surface area contributed by atoms with E-state index < -0.39 is 18.0 Å². The van der Waals surface area contributed by atoms with Crippen LogP contribution >= 0.6 is 0 Å². The summed E-state index contributed by atoms with van der Waals surface area (Å²) in [5.41, 5.74) is 4.04. The van der Waals surface area contributed by atoms with E-state index in [1.165, 1.54) is 25.2 Å². The molecule has 1 aromatic heterocycles. The van der Waals surface area contributed by atoms with Crippen LogP contribution in [-0.4, -0.2) is 48.0 Å². The number of methoxy groups -OCH3 is 2. The second kappa shape index (κ2) is 9.32. The van der Waals surface area contributed by atoms with Gasteiger partial charge < -0.3 is 25.1 Å². The van der Waals surface area contributed by atoms with Gasteiger partial charge in [-0.2, -0.15) is 0 Å². The maximum Gasteiger partial charge on any atom is 0.325 e. The number of H-pyrrole nitrogens is 1. The number of hydrogen-bond acceptors (Lipinski definition) is 5. The normalized spacial score (nSPS) is 19.4. The molecule has 1 aliphatic carbocycles. The standard InChI is InChI=1S/C26H28N4O5/c1-34-21-11-10-15(12-22(21)35-2)14-30-25(32)20(29-26(30)33)13-23(31)27-19-9-5-7-17-16-6-3-4-8-18(16)28-24(17)19/h3-4,6,8,10-12,19-20,28H,5,7,9,13-14H2,1-2H3,(H,27,31)(H,29,33)/t19-,20-/m0/s1. The van der Waals surface area contributed by atoms with E-state index in [-0.39, 0.29) is 24.9 Å². The molecule has 4 amide bonds.